The number of amides is 2. The van der Waals surface area contributed by atoms with Crippen LogP contribution in [0, 0.1) is 11.3 Å². The van der Waals surface area contributed by atoms with Crippen molar-refractivity contribution in [3.63, 3.8) is 0 Å². The van der Waals surface area contributed by atoms with Gasteiger partial charge in [0, 0.05) is 24.5 Å². The molecule has 28 heavy (non-hydrogen) atoms. The van der Waals surface area contributed by atoms with Crippen molar-refractivity contribution in [3.05, 3.63) is 65.4 Å². The number of hydrogen-bond donors (Lipinski definition) is 2. The van der Waals surface area contributed by atoms with E-state index in [0.717, 1.165) is 29.7 Å². The smallest absolute Gasteiger partial charge is 0.267 e. The second kappa shape index (κ2) is 9.38. The number of hydrogen-bond acceptors (Lipinski definition) is 4. The van der Waals surface area contributed by atoms with Crippen LogP contribution in [-0.4, -0.2) is 11.8 Å². The number of anilines is 3. The molecule has 0 spiro atoms. The van der Waals surface area contributed by atoms with Gasteiger partial charge in [0.05, 0.1) is 5.69 Å². The van der Waals surface area contributed by atoms with Crippen molar-refractivity contribution in [2.24, 2.45) is 0 Å². The highest BCUT2D eigenvalue weighted by Crippen LogP contribution is 2.24. The van der Waals surface area contributed by atoms with E-state index in [1.165, 1.54) is 18.0 Å². The van der Waals surface area contributed by atoms with Crippen LogP contribution in [0.25, 0.3) is 0 Å². The van der Waals surface area contributed by atoms with Crippen LogP contribution < -0.4 is 16.0 Å². The maximum Gasteiger partial charge on any atom is 0.267 e. The molecular formula is C22H24N4O2. The van der Waals surface area contributed by atoms with Crippen molar-refractivity contribution in [2.75, 3.05) is 16.0 Å². The van der Waals surface area contributed by atoms with Gasteiger partial charge >= 0.3 is 0 Å². The lowest BCUT2D eigenvalue weighted by atomic mass is 10.0. The highest BCUT2D eigenvalue weighted by Gasteiger charge is 2.17. The van der Waals surface area contributed by atoms with Crippen LogP contribution in [0.15, 0.2) is 54.2 Å². The Bertz CT molecular complexity index is 935. The zero-order chi connectivity index (χ0) is 20.7. The summed E-state index contributed by atoms with van der Waals surface area (Å²) in [7, 11) is 0. The largest absolute Gasteiger partial charge is 0.399 e. The van der Waals surface area contributed by atoms with Crippen molar-refractivity contribution in [3.8, 4) is 6.07 Å². The molecule has 0 heterocycles. The van der Waals surface area contributed by atoms with Crippen LogP contribution in [0.4, 0.5) is 17.1 Å². The number of carbonyl (C=O) groups is 2. The van der Waals surface area contributed by atoms with Gasteiger partial charge < -0.3 is 11.1 Å². The topological polar surface area (TPSA) is 99.2 Å². The van der Waals surface area contributed by atoms with Crippen LogP contribution in [0.2, 0.25) is 0 Å². The van der Waals surface area contributed by atoms with Crippen LogP contribution in [0.1, 0.15) is 31.9 Å². The second-order valence-corrected chi connectivity index (χ2v) is 6.25. The SMILES string of the molecule is CCc1cccc(CC)c1NC(=O)/C(C#N)=C\N(C(C)=O)c1cccc(N)c1. The Kier molecular flexibility index (Phi) is 6.94. The predicted octanol–water partition coefficient (Wildman–Crippen LogP) is 3.79. The van der Waals surface area contributed by atoms with E-state index in [-0.39, 0.29) is 11.5 Å². The second-order valence-electron chi connectivity index (χ2n) is 6.25. The molecule has 0 aromatic heterocycles. The minimum atomic E-state index is -0.562. The van der Waals surface area contributed by atoms with Crippen molar-refractivity contribution >= 4 is 28.9 Å². The number of benzene rings is 2. The van der Waals surface area contributed by atoms with E-state index in [4.69, 9.17) is 5.73 Å². The van der Waals surface area contributed by atoms with Crippen molar-refractivity contribution in [2.45, 2.75) is 33.6 Å². The van der Waals surface area contributed by atoms with Crippen LogP contribution in [0.5, 0.6) is 0 Å². The highest BCUT2D eigenvalue weighted by molar-refractivity contribution is 6.08. The molecule has 0 aliphatic rings. The van der Waals surface area contributed by atoms with Gasteiger partial charge in [-0.1, -0.05) is 38.1 Å². The van der Waals surface area contributed by atoms with Gasteiger partial charge in [-0.15, -0.1) is 0 Å². The Morgan fingerprint density at radius 1 is 1.14 bits per heavy atom. The van der Waals surface area contributed by atoms with Gasteiger partial charge in [0.1, 0.15) is 11.6 Å². The summed E-state index contributed by atoms with van der Waals surface area (Å²) >= 11 is 0. The van der Waals surface area contributed by atoms with Gasteiger partial charge in [0.2, 0.25) is 5.91 Å². The third-order valence-corrected chi connectivity index (χ3v) is 4.35. The van der Waals surface area contributed by atoms with E-state index < -0.39 is 5.91 Å². The summed E-state index contributed by atoms with van der Waals surface area (Å²) in [6.45, 7) is 5.36. The van der Waals surface area contributed by atoms with Crippen molar-refractivity contribution in [1.29, 1.82) is 5.26 Å². The average Bonchev–Trinajstić information content (AvgIpc) is 2.68. The normalized spacial score (nSPS) is 10.9. The quantitative estimate of drug-likeness (QED) is 0.455. The molecule has 3 N–H and O–H groups in total. The Morgan fingerprint density at radius 2 is 1.75 bits per heavy atom. The fraction of sp³-hybridized carbons (Fsp3) is 0.227. The van der Waals surface area contributed by atoms with Crippen LogP contribution >= 0.6 is 0 Å². The number of nitrogen functional groups attached to an aromatic ring is 1. The van der Waals surface area contributed by atoms with Crippen LogP contribution in [-0.2, 0) is 22.4 Å². The predicted molar refractivity (Wildman–Crippen MR) is 112 cm³/mol. The number of rotatable bonds is 6. The number of para-hydroxylation sites is 1. The summed E-state index contributed by atoms with van der Waals surface area (Å²) in [6, 6.07) is 14.4. The summed E-state index contributed by atoms with van der Waals surface area (Å²) in [4.78, 5) is 26.1. The van der Waals surface area contributed by atoms with Crippen molar-refractivity contribution in [1.82, 2.24) is 0 Å². The molecule has 0 atom stereocenters. The Hall–Kier alpha value is -3.59. The van der Waals surface area contributed by atoms with Crippen molar-refractivity contribution < 1.29 is 9.59 Å². The molecule has 0 bridgehead atoms. The zero-order valence-corrected chi connectivity index (χ0v) is 16.3. The first-order valence-corrected chi connectivity index (χ1v) is 9.10. The summed E-state index contributed by atoms with van der Waals surface area (Å²) in [5.74, 6) is -0.900. The number of aryl methyl sites for hydroxylation is 2. The fourth-order valence-electron chi connectivity index (χ4n) is 2.87. The molecule has 2 aromatic rings. The van der Waals surface area contributed by atoms with E-state index in [9.17, 15) is 14.9 Å². The summed E-state index contributed by atoms with van der Waals surface area (Å²) < 4.78 is 0. The van der Waals surface area contributed by atoms with Gasteiger partial charge in [0.25, 0.3) is 5.91 Å². The van der Waals surface area contributed by atoms with Gasteiger partial charge in [-0.25, -0.2) is 0 Å². The van der Waals surface area contributed by atoms with E-state index in [2.05, 4.69) is 5.32 Å². The number of nitrogens with zero attached hydrogens (tertiary/aromatic N) is 2. The molecule has 2 aromatic carbocycles. The first-order valence-electron chi connectivity index (χ1n) is 9.10. The third-order valence-electron chi connectivity index (χ3n) is 4.35. The Labute approximate surface area is 165 Å². The summed E-state index contributed by atoms with van der Waals surface area (Å²) in [5.41, 5.74) is 9.27. The van der Waals surface area contributed by atoms with Crippen LogP contribution in [0.3, 0.4) is 0 Å². The maximum absolute atomic E-state index is 12.8. The van der Waals surface area contributed by atoms with E-state index >= 15 is 0 Å². The lowest BCUT2D eigenvalue weighted by Gasteiger charge is -2.18. The summed E-state index contributed by atoms with van der Waals surface area (Å²) in [6.07, 6.45) is 2.74. The molecule has 0 saturated carbocycles. The number of nitrogens with one attached hydrogen (secondary N) is 1. The Morgan fingerprint density at radius 3 is 2.25 bits per heavy atom. The van der Waals surface area contributed by atoms with Gasteiger partial charge in [-0.2, -0.15) is 5.26 Å². The van der Waals surface area contributed by atoms with Gasteiger partial charge in [-0.05, 0) is 42.2 Å². The molecule has 0 aliphatic carbocycles. The first-order chi connectivity index (χ1) is 13.4. The molecule has 6 nitrogen and oxygen atoms in total. The third kappa shape index (κ3) is 4.77. The molecular weight excluding hydrogens is 352 g/mol. The lowest BCUT2D eigenvalue weighted by Crippen LogP contribution is -2.25. The van der Waals surface area contributed by atoms with E-state index in [1.807, 2.05) is 38.1 Å². The molecule has 0 aliphatic heterocycles. The molecule has 0 unspecified atom stereocenters. The van der Waals surface area contributed by atoms with E-state index in [0.29, 0.717) is 11.4 Å². The molecule has 6 heteroatoms. The highest BCUT2D eigenvalue weighted by atomic mass is 16.2. The van der Waals surface area contributed by atoms with E-state index in [1.54, 1.807) is 24.3 Å². The molecule has 2 rings (SSSR count). The number of carbonyl (C=O) groups excluding carboxylic acids is 2. The lowest BCUT2D eigenvalue weighted by molar-refractivity contribution is -0.116. The standard InChI is InChI=1S/C22H24N4O2/c1-4-16-8-6-9-17(5-2)21(16)25-22(28)18(13-23)14-26(15(3)27)20-11-7-10-19(24)12-20/h6-12,14H,4-5,24H2,1-3H3,(H,25,28)/b18-14-. The molecule has 2 amide bonds. The van der Waals surface area contributed by atoms with Gasteiger partial charge in [0.15, 0.2) is 0 Å². The minimum absolute atomic E-state index is 0.175. The molecule has 0 fully saturated rings. The van der Waals surface area contributed by atoms with Gasteiger partial charge in [-0.3, -0.25) is 14.5 Å². The monoisotopic (exact) mass is 376 g/mol. The number of nitriles is 1. The minimum Gasteiger partial charge on any atom is -0.399 e. The maximum atomic E-state index is 12.8. The average molecular weight is 376 g/mol. The zero-order valence-electron chi connectivity index (χ0n) is 16.3. The molecule has 0 radical (unpaired) electrons. The molecule has 144 valence electrons. The molecule has 0 saturated heterocycles. The first kappa shape index (κ1) is 20.7. The Balaban J connectivity index is 2.40. The number of nitrogens with two attached hydrogens (primary N) is 1. The fourth-order valence-corrected chi connectivity index (χ4v) is 2.87. The summed E-state index contributed by atoms with van der Waals surface area (Å²) in [5, 5.41) is 12.4.